The van der Waals surface area contributed by atoms with Crippen LogP contribution in [-0.2, 0) is 18.9 Å². The number of carboxylic acid groups (broad SMARTS) is 1. The zero-order chi connectivity index (χ0) is 26.7. The normalized spacial score (nSPS) is 16.7. The number of hydrogen-bond acceptors (Lipinski definition) is 4. The first-order valence-corrected chi connectivity index (χ1v) is 12.0. The summed E-state index contributed by atoms with van der Waals surface area (Å²) in [5.74, 6) is -1.15. The minimum Gasteiger partial charge on any atom is -0.478 e. The van der Waals surface area contributed by atoms with Gasteiger partial charge in [-0.05, 0) is 36.1 Å². The zero-order valence-corrected chi connectivity index (χ0v) is 21.6. The molecular formula is C29H31N5O3+2. The van der Waals surface area contributed by atoms with Crippen LogP contribution in [-0.4, -0.2) is 33.3 Å². The summed E-state index contributed by atoms with van der Waals surface area (Å²) in [6.45, 7) is 5.54. The number of hydrogen-bond donors (Lipinski definition) is 2. The van der Waals surface area contributed by atoms with Gasteiger partial charge in [-0.1, -0.05) is 32.0 Å². The average molecular weight is 498 g/mol. The largest absolute Gasteiger partial charge is 0.478 e. The number of aromatic carboxylic acids is 1. The number of amidine groups is 1. The average Bonchev–Trinajstić information content (AvgIpc) is 3.20. The lowest BCUT2D eigenvalue weighted by atomic mass is 9.89. The third-order valence-electron chi connectivity index (χ3n) is 6.63. The Bertz CT molecular complexity index is 1450. The van der Waals surface area contributed by atoms with Gasteiger partial charge in [-0.15, -0.1) is 0 Å². The van der Waals surface area contributed by atoms with E-state index >= 15 is 0 Å². The van der Waals surface area contributed by atoms with Crippen molar-refractivity contribution in [3.05, 3.63) is 90.6 Å². The maximum absolute atomic E-state index is 12.3. The standard InChI is InChI=1S/C17H17N3O3.C12H14N2/c1-9(2)17(3)16(23)19-14(20-17)13-11(15(21)22)8-10-6-4-5-7-12(10)18-13;1-13-7-3-11(4-8-13)12-5-9-14(2)10-6-12/h4-9H,1-3H3,(H,21,22)(H,19,20,23);3-10H,1-2H3/q;+2. The molecule has 1 aliphatic heterocycles. The first kappa shape index (κ1) is 25.6. The Labute approximate surface area is 216 Å². The van der Waals surface area contributed by atoms with E-state index in [-0.39, 0.29) is 28.9 Å². The molecule has 4 aromatic rings. The smallest absolute Gasteiger partial charge is 0.338 e. The lowest BCUT2D eigenvalue weighted by molar-refractivity contribution is -0.671. The molecule has 0 fully saturated rings. The molecule has 1 amide bonds. The van der Waals surface area contributed by atoms with Gasteiger partial charge < -0.3 is 10.4 Å². The summed E-state index contributed by atoms with van der Waals surface area (Å²) < 4.78 is 4.07. The number of amides is 1. The van der Waals surface area contributed by atoms with E-state index in [1.54, 1.807) is 25.1 Å². The second-order valence-electron chi connectivity index (χ2n) is 9.60. The number of aliphatic imine (C=N–C) groups is 1. The van der Waals surface area contributed by atoms with Crippen molar-refractivity contribution < 1.29 is 23.8 Å². The van der Waals surface area contributed by atoms with E-state index in [4.69, 9.17) is 0 Å². The van der Waals surface area contributed by atoms with Crippen molar-refractivity contribution in [1.82, 2.24) is 10.3 Å². The minimum atomic E-state index is -1.10. The Morgan fingerprint density at radius 1 is 0.946 bits per heavy atom. The van der Waals surface area contributed by atoms with Gasteiger partial charge in [0.1, 0.15) is 25.3 Å². The number of nitrogens with zero attached hydrogens (tertiary/aromatic N) is 4. The summed E-state index contributed by atoms with van der Waals surface area (Å²) in [7, 11) is 4.05. The summed E-state index contributed by atoms with van der Waals surface area (Å²) >= 11 is 0. The van der Waals surface area contributed by atoms with Gasteiger partial charge in [0, 0.05) is 29.7 Å². The summed E-state index contributed by atoms with van der Waals surface area (Å²) in [6, 6.07) is 17.3. The van der Waals surface area contributed by atoms with Gasteiger partial charge in [0.05, 0.1) is 11.1 Å². The summed E-state index contributed by atoms with van der Waals surface area (Å²) in [6.07, 6.45) is 8.23. The van der Waals surface area contributed by atoms with Crippen molar-refractivity contribution in [2.45, 2.75) is 26.3 Å². The van der Waals surface area contributed by atoms with Crippen LogP contribution in [0.1, 0.15) is 36.8 Å². The van der Waals surface area contributed by atoms with Crippen LogP contribution in [0.25, 0.3) is 22.0 Å². The highest BCUT2D eigenvalue weighted by atomic mass is 16.4. The number of nitrogens with one attached hydrogen (secondary N) is 1. The molecular weight excluding hydrogens is 466 g/mol. The fourth-order valence-electron chi connectivity index (χ4n) is 3.89. The molecule has 1 atom stereocenters. The SMILES string of the molecule is CC(C)C1(C)N=C(c2nc3ccccc3cc2C(=O)O)NC1=O.C[n+]1ccc(-c2cc[n+](C)cc2)cc1. The predicted molar refractivity (Wildman–Crippen MR) is 141 cm³/mol. The van der Waals surface area contributed by atoms with E-state index in [0.29, 0.717) is 5.52 Å². The molecule has 0 bridgehead atoms. The van der Waals surface area contributed by atoms with Crippen molar-refractivity contribution in [2.75, 3.05) is 0 Å². The molecule has 4 heterocycles. The van der Waals surface area contributed by atoms with Crippen LogP contribution in [0.5, 0.6) is 0 Å². The fourth-order valence-corrected chi connectivity index (χ4v) is 3.89. The molecule has 0 radical (unpaired) electrons. The van der Waals surface area contributed by atoms with E-state index in [1.165, 1.54) is 11.1 Å². The molecule has 2 N–H and O–H groups in total. The number of rotatable bonds is 4. The molecule has 1 unspecified atom stereocenters. The molecule has 0 spiro atoms. The molecule has 0 saturated heterocycles. The number of carbonyl (C=O) groups excluding carboxylic acids is 1. The van der Waals surface area contributed by atoms with Crippen molar-refractivity contribution in [3.8, 4) is 11.1 Å². The number of carboxylic acids is 1. The monoisotopic (exact) mass is 497 g/mol. The van der Waals surface area contributed by atoms with Crippen molar-refractivity contribution >= 4 is 28.6 Å². The molecule has 3 aromatic heterocycles. The van der Waals surface area contributed by atoms with Crippen molar-refractivity contribution in [3.63, 3.8) is 0 Å². The first-order chi connectivity index (χ1) is 17.6. The molecule has 0 aliphatic carbocycles. The quantitative estimate of drug-likeness (QED) is 0.423. The van der Waals surface area contributed by atoms with Crippen LogP contribution < -0.4 is 14.5 Å². The number of pyridine rings is 3. The van der Waals surface area contributed by atoms with Crippen molar-refractivity contribution in [1.29, 1.82) is 0 Å². The molecule has 1 aromatic carbocycles. The van der Waals surface area contributed by atoms with Gasteiger partial charge in [0.2, 0.25) is 0 Å². The van der Waals surface area contributed by atoms with Crippen LogP contribution in [0.4, 0.5) is 0 Å². The third kappa shape index (κ3) is 5.38. The van der Waals surface area contributed by atoms with Crippen LogP contribution >= 0.6 is 0 Å². The van der Waals surface area contributed by atoms with Crippen LogP contribution in [0, 0.1) is 5.92 Å². The summed E-state index contributed by atoms with van der Waals surface area (Å²) in [4.78, 5) is 32.7. The maximum Gasteiger partial charge on any atom is 0.338 e. The van der Waals surface area contributed by atoms with E-state index in [9.17, 15) is 14.7 Å². The first-order valence-electron chi connectivity index (χ1n) is 12.0. The Kier molecular flexibility index (Phi) is 7.11. The zero-order valence-electron chi connectivity index (χ0n) is 21.6. The lowest BCUT2D eigenvalue weighted by Gasteiger charge is -2.21. The molecule has 188 valence electrons. The molecule has 8 nitrogen and oxygen atoms in total. The molecule has 8 heteroatoms. The van der Waals surface area contributed by atoms with Crippen LogP contribution in [0.2, 0.25) is 0 Å². The number of aryl methyl sites for hydroxylation is 2. The number of carbonyl (C=O) groups is 2. The van der Waals surface area contributed by atoms with E-state index < -0.39 is 11.5 Å². The Morgan fingerprint density at radius 3 is 1.97 bits per heavy atom. The van der Waals surface area contributed by atoms with Gasteiger partial charge in [-0.2, -0.15) is 0 Å². The predicted octanol–water partition coefficient (Wildman–Crippen LogP) is 3.23. The molecule has 5 rings (SSSR count). The number of fused-ring (bicyclic) bond motifs is 1. The van der Waals surface area contributed by atoms with Crippen LogP contribution in [0.3, 0.4) is 0 Å². The Hall–Kier alpha value is -4.46. The van der Waals surface area contributed by atoms with E-state index in [1.807, 2.05) is 49.2 Å². The second kappa shape index (κ2) is 10.3. The Morgan fingerprint density at radius 2 is 1.49 bits per heavy atom. The molecule has 1 aliphatic rings. The van der Waals surface area contributed by atoms with Crippen molar-refractivity contribution in [2.24, 2.45) is 25.0 Å². The van der Waals surface area contributed by atoms with E-state index in [2.05, 4.69) is 64.3 Å². The van der Waals surface area contributed by atoms with Gasteiger partial charge in [-0.25, -0.2) is 23.9 Å². The third-order valence-corrected chi connectivity index (χ3v) is 6.63. The highest BCUT2D eigenvalue weighted by Gasteiger charge is 2.43. The maximum atomic E-state index is 12.3. The second-order valence-corrected chi connectivity index (χ2v) is 9.60. The highest BCUT2D eigenvalue weighted by molar-refractivity contribution is 6.18. The molecule has 0 saturated carbocycles. The lowest BCUT2D eigenvalue weighted by Crippen LogP contribution is -2.41. The summed E-state index contributed by atoms with van der Waals surface area (Å²) in [5, 5.41) is 12.9. The minimum absolute atomic E-state index is 0.0197. The van der Waals surface area contributed by atoms with Gasteiger partial charge >= 0.3 is 5.97 Å². The number of para-hydroxylation sites is 1. The molecule has 37 heavy (non-hydrogen) atoms. The number of aromatic nitrogens is 3. The highest BCUT2D eigenvalue weighted by Crippen LogP contribution is 2.28. The Balaban J connectivity index is 0.000000195. The van der Waals surface area contributed by atoms with E-state index in [0.717, 1.165) is 5.39 Å². The summed E-state index contributed by atoms with van der Waals surface area (Å²) in [5.41, 5.74) is 2.46. The van der Waals surface area contributed by atoms with Gasteiger partial charge in [-0.3, -0.25) is 4.79 Å². The number of benzene rings is 1. The van der Waals surface area contributed by atoms with Gasteiger partial charge in [0.25, 0.3) is 5.91 Å². The fraction of sp³-hybridized carbons (Fsp3) is 0.241. The topological polar surface area (TPSA) is 99.4 Å². The van der Waals surface area contributed by atoms with Crippen LogP contribution in [0.15, 0.2) is 84.4 Å². The van der Waals surface area contributed by atoms with Gasteiger partial charge in [0.15, 0.2) is 30.6 Å².